The van der Waals surface area contributed by atoms with Crippen molar-refractivity contribution in [1.82, 2.24) is 34.6 Å². The first-order valence-corrected chi connectivity index (χ1v) is 15.3. The zero-order valence-corrected chi connectivity index (χ0v) is 25.3. The third-order valence-electron chi connectivity index (χ3n) is 8.63. The normalized spacial score (nSPS) is 20.7. The molecule has 2 aliphatic rings. The number of nitrogens with one attached hydrogen (secondary N) is 1. The van der Waals surface area contributed by atoms with Crippen molar-refractivity contribution in [3.05, 3.63) is 63.7 Å². The molecule has 1 N–H and O–H groups in total. The third-order valence-corrected chi connectivity index (χ3v) is 8.83. The number of morpholine rings is 1. The molecule has 4 aromatic heterocycles. The Bertz CT molecular complexity index is 1830. The lowest BCUT2D eigenvalue weighted by molar-refractivity contribution is 0.0927. The second kappa shape index (κ2) is 12.0. The highest BCUT2D eigenvalue weighted by atomic mass is 35.5. The summed E-state index contributed by atoms with van der Waals surface area (Å²) in [6, 6.07) is 13.8. The van der Waals surface area contributed by atoms with Crippen molar-refractivity contribution in [2.45, 2.75) is 45.2 Å². The minimum absolute atomic E-state index is 0.0369. The van der Waals surface area contributed by atoms with Gasteiger partial charge in [-0.2, -0.15) is 4.98 Å². The van der Waals surface area contributed by atoms with E-state index in [4.69, 9.17) is 40.5 Å². The van der Waals surface area contributed by atoms with Crippen LogP contribution in [0.3, 0.4) is 0 Å². The minimum Gasteiger partial charge on any atom is -0.481 e. The summed E-state index contributed by atoms with van der Waals surface area (Å²) in [6.07, 6.45) is 4.66. The van der Waals surface area contributed by atoms with Crippen molar-refractivity contribution in [2.24, 2.45) is 11.8 Å². The molecule has 7 rings (SSSR count). The molecule has 1 aliphatic heterocycles. The van der Waals surface area contributed by atoms with E-state index in [0.717, 1.165) is 42.3 Å². The SMILES string of the molecule is COc1cc(-c2nc(-c3noc(=O)[nH]3)nc3nc(N4CCOC[C@H]4c4ccccc4)n(C[C@H]4CC[C@H](C)CC4)c23)cc(Cl)n1. The standard InChI is InChI=1S/C31H33ClN8O4/c1-18-8-10-19(11-9-18)16-40-26-25(21-14-23(32)33-24(15-21)42-2)34-28(29-37-31(41)44-38-29)35-27(26)36-30(40)39-12-13-43-17-22(39)20-6-4-3-5-7-20/h3-7,14-15,18-19,22H,8-13,16-17H2,1-2H3,(H,37,38,41)/t18-,19-,22-/m0/s1. The number of ether oxygens (including phenoxy) is 2. The first-order valence-electron chi connectivity index (χ1n) is 14.9. The highest BCUT2D eigenvalue weighted by Gasteiger charge is 2.32. The van der Waals surface area contributed by atoms with Gasteiger partial charge in [-0.15, -0.1) is 0 Å². The number of H-pyrrole nitrogens is 1. The average molecular weight is 617 g/mol. The molecule has 44 heavy (non-hydrogen) atoms. The van der Waals surface area contributed by atoms with Crippen LogP contribution in [-0.4, -0.2) is 61.5 Å². The van der Waals surface area contributed by atoms with Gasteiger partial charge in [0.15, 0.2) is 5.65 Å². The monoisotopic (exact) mass is 616 g/mol. The zero-order chi connectivity index (χ0) is 30.2. The van der Waals surface area contributed by atoms with E-state index in [1.165, 1.54) is 20.0 Å². The Labute approximate surface area is 258 Å². The lowest BCUT2D eigenvalue weighted by atomic mass is 9.83. The molecule has 1 aliphatic carbocycles. The smallest absolute Gasteiger partial charge is 0.439 e. The lowest BCUT2D eigenvalue weighted by Gasteiger charge is -2.37. The fraction of sp³-hybridized carbons (Fsp3) is 0.419. The van der Waals surface area contributed by atoms with Gasteiger partial charge in [-0.3, -0.25) is 9.51 Å². The predicted molar refractivity (Wildman–Crippen MR) is 165 cm³/mol. The maximum absolute atomic E-state index is 11.9. The summed E-state index contributed by atoms with van der Waals surface area (Å²) in [5.41, 5.74) is 3.63. The number of hydrogen-bond donors (Lipinski definition) is 1. The molecular weight excluding hydrogens is 584 g/mol. The van der Waals surface area contributed by atoms with E-state index in [9.17, 15) is 4.79 Å². The number of anilines is 1. The van der Waals surface area contributed by atoms with Crippen LogP contribution in [0.2, 0.25) is 5.15 Å². The molecule has 228 valence electrons. The van der Waals surface area contributed by atoms with Crippen LogP contribution in [0, 0.1) is 11.8 Å². The largest absolute Gasteiger partial charge is 0.481 e. The van der Waals surface area contributed by atoms with E-state index < -0.39 is 5.76 Å². The average Bonchev–Trinajstić information content (AvgIpc) is 3.65. The van der Waals surface area contributed by atoms with Crippen LogP contribution < -0.4 is 15.4 Å². The Morgan fingerprint density at radius 2 is 1.89 bits per heavy atom. The van der Waals surface area contributed by atoms with Crippen LogP contribution in [0.4, 0.5) is 5.95 Å². The van der Waals surface area contributed by atoms with Crippen molar-refractivity contribution < 1.29 is 14.0 Å². The van der Waals surface area contributed by atoms with Gasteiger partial charge in [-0.1, -0.05) is 66.9 Å². The van der Waals surface area contributed by atoms with Crippen molar-refractivity contribution >= 4 is 28.7 Å². The number of methoxy groups -OCH3 is 1. The Hall–Kier alpha value is -4.29. The Morgan fingerprint density at radius 3 is 2.64 bits per heavy atom. The molecule has 0 spiro atoms. The van der Waals surface area contributed by atoms with Crippen LogP contribution in [0.5, 0.6) is 5.88 Å². The van der Waals surface area contributed by atoms with E-state index in [1.807, 2.05) is 18.2 Å². The molecule has 12 nitrogen and oxygen atoms in total. The number of nitrogens with zero attached hydrogens (tertiary/aromatic N) is 7. The molecule has 1 aromatic carbocycles. The van der Waals surface area contributed by atoms with E-state index in [1.54, 1.807) is 12.1 Å². The number of rotatable bonds is 7. The number of benzene rings is 1. The quantitative estimate of drug-likeness (QED) is 0.240. The second-order valence-electron chi connectivity index (χ2n) is 11.6. The number of pyridine rings is 1. The minimum atomic E-state index is -0.698. The first kappa shape index (κ1) is 28.5. The van der Waals surface area contributed by atoms with Gasteiger partial charge in [0.2, 0.25) is 23.5 Å². The summed E-state index contributed by atoms with van der Waals surface area (Å²) in [7, 11) is 1.54. The maximum atomic E-state index is 11.9. The van der Waals surface area contributed by atoms with Crippen molar-refractivity contribution in [2.75, 3.05) is 31.8 Å². The Kier molecular flexibility index (Phi) is 7.77. The summed E-state index contributed by atoms with van der Waals surface area (Å²) in [5.74, 6) is 1.92. The molecule has 0 unspecified atom stereocenters. The number of fused-ring (bicyclic) bond motifs is 1. The van der Waals surface area contributed by atoms with Crippen molar-refractivity contribution in [3.63, 3.8) is 0 Å². The summed E-state index contributed by atoms with van der Waals surface area (Å²) >= 11 is 6.46. The fourth-order valence-corrected chi connectivity index (χ4v) is 6.53. The van der Waals surface area contributed by atoms with Crippen LogP contribution in [0.1, 0.15) is 44.2 Å². The van der Waals surface area contributed by atoms with Crippen molar-refractivity contribution in [1.29, 1.82) is 0 Å². The summed E-state index contributed by atoms with van der Waals surface area (Å²) in [4.78, 5) is 35.9. The molecule has 1 saturated carbocycles. The van der Waals surface area contributed by atoms with Gasteiger partial charge in [-0.05, 0) is 36.3 Å². The Morgan fingerprint density at radius 1 is 1.07 bits per heavy atom. The topological polar surface area (TPSA) is 137 Å². The molecule has 1 saturated heterocycles. The fourth-order valence-electron chi connectivity index (χ4n) is 6.33. The van der Waals surface area contributed by atoms with Crippen LogP contribution in [-0.2, 0) is 11.3 Å². The summed E-state index contributed by atoms with van der Waals surface area (Å²) in [5, 5.41) is 4.11. The van der Waals surface area contributed by atoms with Crippen LogP contribution in [0.15, 0.2) is 51.8 Å². The van der Waals surface area contributed by atoms with Gasteiger partial charge in [0, 0.05) is 24.7 Å². The molecule has 5 aromatic rings. The first-order chi connectivity index (χ1) is 21.5. The molecule has 5 heterocycles. The van der Waals surface area contributed by atoms with Crippen molar-refractivity contribution in [3.8, 4) is 28.8 Å². The molecule has 13 heteroatoms. The number of hydrogen-bond acceptors (Lipinski definition) is 10. The van der Waals surface area contributed by atoms with Gasteiger partial charge in [0.1, 0.15) is 16.4 Å². The third kappa shape index (κ3) is 5.55. The number of imidazole rings is 1. The molecular formula is C31H33ClN8O4. The van der Waals surface area contributed by atoms with E-state index in [-0.39, 0.29) is 22.8 Å². The van der Waals surface area contributed by atoms with Gasteiger partial charge < -0.3 is 18.9 Å². The number of halogens is 1. The van der Waals surface area contributed by atoms with E-state index in [0.29, 0.717) is 48.5 Å². The maximum Gasteiger partial charge on any atom is 0.439 e. The van der Waals surface area contributed by atoms with Gasteiger partial charge in [0.25, 0.3) is 0 Å². The Balaban J connectivity index is 1.47. The lowest BCUT2D eigenvalue weighted by Crippen LogP contribution is -2.41. The summed E-state index contributed by atoms with van der Waals surface area (Å²) < 4.78 is 18.5. The van der Waals surface area contributed by atoms with Gasteiger partial charge >= 0.3 is 5.76 Å². The van der Waals surface area contributed by atoms with Gasteiger partial charge in [-0.25, -0.2) is 19.7 Å². The summed E-state index contributed by atoms with van der Waals surface area (Å²) in [6.45, 7) is 4.86. The van der Waals surface area contributed by atoms with Gasteiger partial charge in [0.05, 0.1) is 26.4 Å². The number of aromatic nitrogens is 7. The van der Waals surface area contributed by atoms with Crippen LogP contribution >= 0.6 is 11.6 Å². The predicted octanol–water partition coefficient (Wildman–Crippen LogP) is 5.30. The molecule has 0 amide bonds. The molecule has 1 atom stereocenters. The molecule has 0 radical (unpaired) electrons. The van der Waals surface area contributed by atoms with Crippen LogP contribution in [0.25, 0.3) is 34.1 Å². The highest BCUT2D eigenvalue weighted by Crippen LogP contribution is 2.39. The van der Waals surface area contributed by atoms with E-state index >= 15 is 0 Å². The zero-order valence-electron chi connectivity index (χ0n) is 24.6. The molecule has 0 bridgehead atoms. The number of aromatic amines is 1. The van der Waals surface area contributed by atoms with E-state index in [2.05, 4.69) is 43.6 Å². The molecule has 2 fully saturated rings. The second-order valence-corrected chi connectivity index (χ2v) is 12.0. The highest BCUT2D eigenvalue weighted by molar-refractivity contribution is 6.29.